The predicted molar refractivity (Wildman–Crippen MR) is 82.9 cm³/mol. The van der Waals surface area contributed by atoms with Crippen molar-refractivity contribution < 1.29 is 4.39 Å². The van der Waals surface area contributed by atoms with E-state index in [0.717, 1.165) is 17.7 Å². The average Bonchev–Trinajstić information content (AvgIpc) is 2.42. The van der Waals surface area contributed by atoms with Crippen molar-refractivity contribution in [3.63, 3.8) is 0 Å². The molecule has 0 saturated heterocycles. The van der Waals surface area contributed by atoms with E-state index in [1.807, 2.05) is 18.2 Å². The maximum absolute atomic E-state index is 13.1. The van der Waals surface area contributed by atoms with Crippen molar-refractivity contribution in [3.8, 4) is 0 Å². The number of benzene rings is 2. The lowest BCUT2D eigenvalue weighted by Gasteiger charge is -2.11. The Balaban J connectivity index is 1.87. The quantitative estimate of drug-likeness (QED) is 0.824. The van der Waals surface area contributed by atoms with Gasteiger partial charge in [0, 0.05) is 16.7 Å². The second kappa shape index (κ2) is 7.08. The van der Waals surface area contributed by atoms with Gasteiger partial charge in [0.2, 0.25) is 0 Å². The summed E-state index contributed by atoms with van der Waals surface area (Å²) in [5.74, 6) is 0.606. The molecule has 100 valence electrons. The van der Waals surface area contributed by atoms with Crippen LogP contribution in [0.3, 0.4) is 0 Å². The molecule has 19 heavy (non-hydrogen) atoms. The minimum absolute atomic E-state index is 0.0579. The first-order valence-electron chi connectivity index (χ1n) is 6.02. The molecule has 0 saturated carbocycles. The highest BCUT2D eigenvalue weighted by Gasteiger charge is 2.07. The molecular weight excluding hydrogens is 325 g/mol. The average molecular weight is 340 g/mol. The van der Waals surface area contributed by atoms with E-state index in [4.69, 9.17) is 5.73 Å². The number of hydrogen-bond donors (Lipinski definition) is 1. The Labute approximate surface area is 125 Å². The topological polar surface area (TPSA) is 26.0 Å². The summed E-state index contributed by atoms with van der Waals surface area (Å²) >= 11 is 4.93. The summed E-state index contributed by atoms with van der Waals surface area (Å²) in [5.41, 5.74) is 7.16. The molecule has 4 heteroatoms. The van der Waals surface area contributed by atoms with Gasteiger partial charge in [-0.15, -0.1) is 11.8 Å². The van der Waals surface area contributed by atoms with Crippen molar-refractivity contribution in [1.29, 1.82) is 0 Å². The molecule has 0 aliphatic heterocycles. The van der Waals surface area contributed by atoms with E-state index >= 15 is 0 Å². The predicted octanol–water partition coefficient (Wildman–Crippen LogP) is 4.25. The number of nitrogens with two attached hydrogens (primary N) is 1. The fraction of sp³-hybridized carbons (Fsp3) is 0.200. The van der Waals surface area contributed by atoms with Crippen LogP contribution in [-0.4, -0.2) is 11.8 Å². The zero-order valence-corrected chi connectivity index (χ0v) is 12.8. The highest BCUT2D eigenvalue weighted by molar-refractivity contribution is 9.10. The number of thioether (sulfide) groups is 1. The molecule has 2 aromatic rings. The summed E-state index contributed by atoms with van der Waals surface area (Å²) in [6.07, 6.45) is 0.749. The Morgan fingerprint density at radius 3 is 2.58 bits per heavy atom. The SMILES string of the molecule is NC(CSc1ccccc1)Cc1ccc(F)c(Br)c1. The molecule has 0 amide bonds. The third-order valence-electron chi connectivity index (χ3n) is 2.69. The molecule has 2 N–H and O–H groups in total. The smallest absolute Gasteiger partial charge is 0.137 e. The molecule has 0 heterocycles. The van der Waals surface area contributed by atoms with Crippen molar-refractivity contribution >= 4 is 27.7 Å². The van der Waals surface area contributed by atoms with Crippen LogP contribution in [0.1, 0.15) is 5.56 Å². The first-order chi connectivity index (χ1) is 9.15. The number of rotatable bonds is 5. The molecule has 1 atom stereocenters. The van der Waals surface area contributed by atoms with Gasteiger partial charge in [-0.1, -0.05) is 24.3 Å². The summed E-state index contributed by atoms with van der Waals surface area (Å²) in [4.78, 5) is 1.22. The largest absolute Gasteiger partial charge is 0.327 e. The number of hydrogen-bond acceptors (Lipinski definition) is 2. The van der Waals surface area contributed by atoms with Gasteiger partial charge in [0.15, 0.2) is 0 Å². The monoisotopic (exact) mass is 339 g/mol. The van der Waals surface area contributed by atoms with Crippen molar-refractivity contribution in [2.24, 2.45) is 5.73 Å². The molecule has 2 rings (SSSR count). The molecule has 2 aromatic carbocycles. The first-order valence-corrected chi connectivity index (χ1v) is 7.80. The van der Waals surface area contributed by atoms with Crippen LogP contribution in [0.4, 0.5) is 4.39 Å². The summed E-state index contributed by atoms with van der Waals surface area (Å²) in [5, 5.41) is 0. The minimum Gasteiger partial charge on any atom is -0.327 e. The third kappa shape index (κ3) is 4.64. The summed E-state index contributed by atoms with van der Waals surface area (Å²) in [7, 11) is 0. The van der Waals surface area contributed by atoms with Crippen LogP contribution in [0.25, 0.3) is 0 Å². The van der Waals surface area contributed by atoms with E-state index in [0.29, 0.717) is 4.47 Å². The van der Waals surface area contributed by atoms with E-state index in [9.17, 15) is 4.39 Å². The van der Waals surface area contributed by atoms with Crippen LogP contribution in [0, 0.1) is 5.82 Å². The minimum atomic E-state index is -0.240. The van der Waals surface area contributed by atoms with Gasteiger partial charge in [-0.2, -0.15) is 0 Å². The van der Waals surface area contributed by atoms with Gasteiger partial charge in [-0.3, -0.25) is 0 Å². The lowest BCUT2D eigenvalue weighted by Crippen LogP contribution is -2.25. The highest BCUT2D eigenvalue weighted by atomic mass is 79.9. The summed E-state index contributed by atoms with van der Waals surface area (Å²) in [6.45, 7) is 0. The molecule has 0 aromatic heterocycles. The fourth-order valence-electron chi connectivity index (χ4n) is 1.75. The van der Waals surface area contributed by atoms with Crippen molar-refractivity contribution in [1.82, 2.24) is 0 Å². The van der Waals surface area contributed by atoms with E-state index in [2.05, 4.69) is 28.1 Å². The van der Waals surface area contributed by atoms with Crippen molar-refractivity contribution in [2.75, 3.05) is 5.75 Å². The number of halogens is 2. The maximum Gasteiger partial charge on any atom is 0.137 e. The van der Waals surface area contributed by atoms with E-state index in [-0.39, 0.29) is 11.9 Å². The molecule has 0 fully saturated rings. The van der Waals surface area contributed by atoms with Crippen LogP contribution in [0.2, 0.25) is 0 Å². The Kier molecular flexibility index (Phi) is 5.43. The fourth-order valence-corrected chi connectivity index (χ4v) is 3.05. The molecule has 1 nitrogen and oxygen atoms in total. The Bertz CT molecular complexity index is 533. The molecule has 0 radical (unpaired) electrons. The highest BCUT2D eigenvalue weighted by Crippen LogP contribution is 2.20. The van der Waals surface area contributed by atoms with Crippen LogP contribution in [-0.2, 0) is 6.42 Å². The standard InChI is InChI=1S/C15H15BrFNS/c16-14-9-11(6-7-15(14)17)8-12(18)10-19-13-4-2-1-3-5-13/h1-7,9,12H,8,10,18H2. The third-order valence-corrected chi connectivity index (χ3v) is 4.50. The van der Waals surface area contributed by atoms with Crippen molar-refractivity contribution in [2.45, 2.75) is 17.4 Å². The first kappa shape index (κ1) is 14.6. The van der Waals surface area contributed by atoms with Gasteiger partial charge >= 0.3 is 0 Å². The van der Waals surface area contributed by atoms with E-state index < -0.39 is 0 Å². The van der Waals surface area contributed by atoms with E-state index in [1.165, 1.54) is 11.0 Å². The van der Waals surface area contributed by atoms with Crippen LogP contribution < -0.4 is 5.73 Å². The van der Waals surface area contributed by atoms with Gasteiger partial charge in [0.05, 0.1) is 4.47 Å². The maximum atomic E-state index is 13.1. The lowest BCUT2D eigenvalue weighted by molar-refractivity contribution is 0.619. The summed E-state index contributed by atoms with van der Waals surface area (Å²) in [6, 6.07) is 15.3. The van der Waals surface area contributed by atoms with Gasteiger partial charge in [-0.25, -0.2) is 4.39 Å². The summed E-state index contributed by atoms with van der Waals surface area (Å²) < 4.78 is 13.6. The molecule has 0 aliphatic rings. The van der Waals surface area contributed by atoms with Gasteiger partial charge in [0.1, 0.15) is 5.82 Å². The Hall–Kier alpha value is -0.840. The second-order valence-electron chi connectivity index (χ2n) is 4.34. The van der Waals surface area contributed by atoms with Gasteiger partial charge in [-0.05, 0) is 52.2 Å². The van der Waals surface area contributed by atoms with Crippen LogP contribution >= 0.6 is 27.7 Å². The van der Waals surface area contributed by atoms with Crippen molar-refractivity contribution in [3.05, 3.63) is 64.4 Å². The second-order valence-corrected chi connectivity index (χ2v) is 6.28. The normalized spacial score (nSPS) is 12.4. The molecule has 1 unspecified atom stereocenters. The molecule has 0 aliphatic carbocycles. The van der Waals surface area contributed by atoms with Gasteiger partial charge in [0.25, 0.3) is 0 Å². The lowest BCUT2D eigenvalue weighted by atomic mass is 10.1. The van der Waals surface area contributed by atoms with Crippen LogP contribution in [0.15, 0.2) is 57.9 Å². The molecular formula is C15H15BrFNS. The molecule has 0 bridgehead atoms. The zero-order chi connectivity index (χ0) is 13.7. The van der Waals surface area contributed by atoms with Crippen LogP contribution in [0.5, 0.6) is 0 Å². The Morgan fingerprint density at radius 2 is 1.89 bits per heavy atom. The van der Waals surface area contributed by atoms with E-state index in [1.54, 1.807) is 23.9 Å². The Morgan fingerprint density at radius 1 is 1.16 bits per heavy atom. The van der Waals surface area contributed by atoms with Gasteiger partial charge < -0.3 is 5.73 Å². The zero-order valence-electron chi connectivity index (χ0n) is 10.4. The molecule has 0 spiro atoms.